The highest BCUT2D eigenvalue weighted by atomic mass is 35.5. The van der Waals surface area contributed by atoms with E-state index in [1.807, 2.05) is 18.7 Å². The Balaban J connectivity index is 1.56. The summed E-state index contributed by atoms with van der Waals surface area (Å²) in [5, 5.41) is 22.2. The number of rotatable bonds is 6. The Morgan fingerprint density at radius 1 is 1.26 bits per heavy atom. The predicted octanol–water partition coefficient (Wildman–Crippen LogP) is 4.53. The van der Waals surface area contributed by atoms with Gasteiger partial charge in [0.25, 0.3) is 0 Å². The first-order chi connectivity index (χ1) is 15.8. The zero-order valence-corrected chi connectivity index (χ0v) is 20.1. The molecule has 0 spiro atoms. The molecule has 34 heavy (non-hydrogen) atoms. The molecule has 2 aromatic heterocycles. The number of hydrogen-bond donors (Lipinski definition) is 1. The van der Waals surface area contributed by atoms with E-state index in [0.29, 0.717) is 18.1 Å². The number of thiazole rings is 1. The van der Waals surface area contributed by atoms with Gasteiger partial charge in [-0.2, -0.15) is 0 Å². The van der Waals surface area contributed by atoms with Crippen molar-refractivity contribution in [3.05, 3.63) is 61.8 Å². The third kappa shape index (κ3) is 4.81. The van der Waals surface area contributed by atoms with Crippen molar-refractivity contribution in [1.29, 1.82) is 0 Å². The lowest BCUT2D eigenvalue weighted by Crippen LogP contribution is -2.49. The Hall–Kier alpha value is -2.54. The van der Waals surface area contributed by atoms with Crippen LogP contribution in [-0.2, 0) is 18.5 Å². The van der Waals surface area contributed by atoms with Crippen molar-refractivity contribution in [3.63, 3.8) is 0 Å². The minimum atomic E-state index is -1.53. The molecule has 182 valence electrons. The van der Waals surface area contributed by atoms with Crippen LogP contribution in [0.5, 0.6) is 0 Å². The van der Waals surface area contributed by atoms with Crippen molar-refractivity contribution in [2.75, 3.05) is 13.1 Å². The molecule has 1 aromatic carbocycles. The van der Waals surface area contributed by atoms with Gasteiger partial charge in [0.05, 0.1) is 17.8 Å². The van der Waals surface area contributed by atoms with Crippen molar-refractivity contribution >= 4 is 28.8 Å². The van der Waals surface area contributed by atoms with Gasteiger partial charge in [0, 0.05) is 35.5 Å². The predicted molar refractivity (Wildman–Crippen MR) is 120 cm³/mol. The van der Waals surface area contributed by atoms with E-state index in [0.717, 1.165) is 22.7 Å². The SMILES string of the molecule is CC1(C)CN(C[C@](C)(O)Cn2cc([N+](=O)[O-])nc2Cl)Cc2sc(-c3cc(F)c(F)c(F)c3)nc21. The summed E-state index contributed by atoms with van der Waals surface area (Å²) in [5.74, 6) is -4.49. The van der Waals surface area contributed by atoms with E-state index >= 15 is 0 Å². The second-order valence-electron chi connectivity index (χ2n) is 9.32. The highest BCUT2D eigenvalue weighted by Crippen LogP contribution is 2.40. The molecule has 1 aliphatic heterocycles. The van der Waals surface area contributed by atoms with Gasteiger partial charge < -0.3 is 15.2 Å². The van der Waals surface area contributed by atoms with E-state index < -0.39 is 39.2 Å². The van der Waals surface area contributed by atoms with Crippen LogP contribution in [0.4, 0.5) is 19.0 Å². The number of aromatic nitrogens is 3. The highest BCUT2D eigenvalue weighted by molar-refractivity contribution is 7.15. The number of nitrogens with zero attached hydrogens (tertiary/aromatic N) is 5. The third-order valence-electron chi connectivity index (χ3n) is 5.53. The molecule has 0 saturated carbocycles. The van der Waals surface area contributed by atoms with Gasteiger partial charge in [-0.25, -0.2) is 18.2 Å². The molecular formula is C21H21ClF3N5O3S. The standard InChI is InChI=1S/C21H21ClF3N5O3S/c1-20(2)8-28(9-21(3,31)10-29-7-15(30(32)33)26-19(29)22)6-14-17(20)27-18(34-14)11-4-12(23)16(25)13(24)5-11/h4-5,7,31H,6,8-10H2,1-3H3/t21-/m0/s1. The van der Waals surface area contributed by atoms with Crippen LogP contribution in [0, 0.1) is 27.6 Å². The molecule has 8 nitrogen and oxygen atoms in total. The van der Waals surface area contributed by atoms with Gasteiger partial charge in [-0.05, 0) is 40.6 Å². The summed E-state index contributed by atoms with van der Waals surface area (Å²) in [6.07, 6.45) is 1.17. The van der Waals surface area contributed by atoms with E-state index in [1.54, 1.807) is 6.92 Å². The Bertz CT molecular complexity index is 1250. The fourth-order valence-corrected chi connectivity index (χ4v) is 5.74. The van der Waals surface area contributed by atoms with Crippen LogP contribution in [0.25, 0.3) is 10.6 Å². The van der Waals surface area contributed by atoms with Gasteiger partial charge in [-0.15, -0.1) is 11.3 Å². The van der Waals surface area contributed by atoms with Gasteiger partial charge in [0.15, 0.2) is 17.5 Å². The highest BCUT2D eigenvalue weighted by Gasteiger charge is 2.38. The Morgan fingerprint density at radius 3 is 2.50 bits per heavy atom. The summed E-state index contributed by atoms with van der Waals surface area (Å²) < 4.78 is 42.2. The third-order valence-corrected chi connectivity index (χ3v) is 6.92. The normalized spacial score (nSPS) is 17.4. The molecule has 0 aliphatic carbocycles. The Labute approximate surface area is 201 Å². The molecule has 0 amide bonds. The number of hydrogen-bond acceptors (Lipinski definition) is 7. The van der Waals surface area contributed by atoms with Gasteiger partial charge in [-0.1, -0.05) is 13.8 Å². The molecule has 0 unspecified atom stereocenters. The minimum Gasteiger partial charge on any atom is -0.387 e. The lowest BCUT2D eigenvalue weighted by molar-refractivity contribution is -0.389. The fourth-order valence-electron chi connectivity index (χ4n) is 4.27. The summed E-state index contributed by atoms with van der Waals surface area (Å²) in [4.78, 5) is 21.4. The molecule has 3 heterocycles. The number of aliphatic hydroxyl groups is 1. The summed E-state index contributed by atoms with van der Waals surface area (Å²) in [5.41, 5.74) is -0.813. The van der Waals surface area contributed by atoms with Crippen molar-refractivity contribution in [2.24, 2.45) is 0 Å². The molecule has 3 aromatic rings. The Kier molecular flexibility index (Phi) is 6.21. The molecule has 1 N–H and O–H groups in total. The molecule has 0 saturated heterocycles. The molecule has 0 bridgehead atoms. The molecular weight excluding hydrogens is 495 g/mol. The number of imidazole rings is 1. The average Bonchev–Trinajstić information content (AvgIpc) is 3.29. The van der Waals surface area contributed by atoms with E-state index in [2.05, 4.69) is 9.97 Å². The van der Waals surface area contributed by atoms with Gasteiger partial charge >= 0.3 is 11.1 Å². The summed E-state index contributed by atoms with van der Waals surface area (Å²) in [6.45, 7) is 6.69. The fraction of sp³-hybridized carbons (Fsp3) is 0.429. The first-order valence-electron chi connectivity index (χ1n) is 10.2. The van der Waals surface area contributed by atoms with Crippen LogP contribution >= 0.6 is 22.9 Å². The molecule has 4 rings (SSSR count). The van der Waals surface area contributed by atoms with E-state index in [-0.39, 0.29) is 23.9 Å². The average molecular weight is 516 g/mol. The van der Waals surface area contributed by atoms with Crippen LogP contribution in [0.3, 0.4) is 0 Å². The largest absolute Gasteiger partial charge is 0.387 e. The first kappa shape index (κ1) is 24.6. The van der Waals surface area contributed by atoms with Crippen LogP contribution in [0.15, 0.2) is 18.3 Å². The van der Waals surface area contributed by atoms with Crippen molar-refractivity contribution < 1.29 is 23.2 Å². The topological polar surface area (TPSA) is 97.3 Å². The molecule has 1 atom stereocenters. The van der Waals surface area contributed by atoms with Crippen LogP contribution in [0.1, 0.15) is 31.3 Å². The lowest BCUT2D eigenvalue weighted by atomic mass is 9.84. The maximum absolute atomic E-state index is 13.7. The molecule has 0 fully saturated rings. The van der Waals surface area contributed by atoms with E-state index in [9.17, 15) is 28.4 Å². The monoisotopic (exact) mass is 515 g/mol. The Morgan fingerprint density at radius 2 is 1.91 bits per heavy atom. The summed E-state index contributed by atoms with van der Waals surface area (Å²) in [7, 11) is 0. The zero-order valence-electron chi connectivity index (χ0n) is 18.5. The minimum absolute atomic E-state index is 0.0153. The number of halogens is 4. The number of benzene rings is 1. The number of fused-ring (bicyclic) bond motifs is 1. The van der Waals surface area contributed by atoms with Gasteiger partial charge in [0.1, 0.15) is 11.2 Å². The second kappa shape index (κ2) is 8.59. The summed E-state index contributed by atoms with van der Waals surface area (Å²) in [6, 6.07) is 1.85. The first-order valence-corrected chi connectivity index (χ1v) is 11.4. The van der Waals surface area contributed by atoms with Crippen LogP contribution in [-0.4, -0.2) is 48.2 Å². The lowest BCUT2D eigenvalue weighted by Gasteiger charge is -2.40. The number of nitro groups is 1. The maximum atomic E-state index is 13.7. The van der Waals surface area contributed by atoms with Crippen molar-refractivity contribution in [1.82, 2.24) is 19.4 Å². The van der Waals surface area contributed by atoms with Crippen molar-refractivity contribution in [2.45, 2.75) is 44.9 Å². The van der Waals surface area contributed by atoms with Gasteiger partial charge in [-0.3, -0.25) is 9.47 Å². The smallest absolute Gasteiger partial charge is 0.383 e. The molecule has 1 aliphatic rings. The summed E-state index contributed by atoms with van der Waals surface area (Å²) >= 11 is 7.24. The van der Waals surface area contributed by atoms with E-state index in [4.69, 9.17) is 11.6 Å². The quantitative estimate of drug-likeness (QED) is 0.294. The van der Waals surface area contributed by atoms with Crippen molar-refractivity contribution in [3.8, 4) is 10.6 Å². The van der Waals surface area contributed by atoms with Gasteiger partial charge in [0.2, 0.25) is 0 Å². The number of β-amino-alcohol motifs (C(OH)–C–C–N with tert-alkyl or cyclic N) is 1. The molecule has 13 heteroatoms. The van der Waals surface area contributed by atoms with E-state index in [1.165, 1.54) is 22.1 Å². The van der Waals surface area contributed by atoms with Crippen LogP contribution < -0.4 is 0 Å². The zero-order chi connectivity index (χ0) is 25.0. The maximum Gasteiger partial charge on any atom is 0.383 e. The van der Waals surface area contributed by atoms with Crippen LogP contribution in [0.2, 0.25) is 5.28 Å². The second-order valence-corrected chi connectivity index (χ2v) is 10.7. The molecule has 0 radical (unpaired) electrons.